The maximum Gasteiger partial charge on any atom is 0.182 e. The number of anilines is 1. The summed E-state index contributed by atoms with van der Waals surface area (Å²) in [5, 5.41) is 4.11. The van der Waals surface area contributed by atoms with Crippen LogP contribution in [0.3, 0.4) is 0 Å². The molecule has 0 fully saturated rings. The number of aromatic nitrogens is 1. The van der Waals surface area contributed by atoms with Gasteiger partial charge in [0.05, 0.1) is 5.69 Å². The van der Waals surface area contributed by atoms with Gasteiger partial charge < -0.3 is 5.32 Å². The van der Waals surface area contributed by atoms with E-state index in [2.05, 4.69) is 62.3 Å². The van der Waals surface area contributed by atoms with Crippen LogP contribution < -0.4 is 5.32 Å². The molecule has 1 aromatic carbocycles. The Morgan fingerprint density at radius 3 is 2.26 bits per heavy atom. The van der Waals surface area contributed by atoms with Crippen LogP contribution >= 0.6 is 11.3 Å². The van der Waals surface area contributed by atoms with Crippen molar-refractivity contribution in [2.45, 2.75) is 39.5 Å². The fraction of sp³-hybridized carbons (Fsp3) is 0.438. The molecule has 2 rings (SSSR count). The molecule has 2 aromatic rings. The van der Waals surface area contributed by atoms with E-state index in [1.54, 1.807) is 11.3 Å². The lowest BCUT2D eigenvalue weighted by Gasteiger charge is -2.19. The summed E-state index contributed by atoms with van der Waals surface area (Å²) in [6.45, 7) is 8.81. The summed E-state index contributed by atoms with van der Waals surface area (Å²) < 4.78 is 0. The first-order valence-corrected chi connectivity index (χ1v) is 7.45. The van der Waals surface area contributed by atoms with Gasteiger partial charge in [-0.15, -0.1) is 11.3 Å². The zero-order valence-electron chi connectivity index (χ0n) is 12.4. The second-order valence-corrected chi connectivity index (χ2v) is 6.98. The van der Waals surface area contributed by atoms with Crippen molar-refractivity contribution in [1.29, 1.82) is 0 Å². The van der Waals surface area contributed by atoms with Gasteiger partial charge in [0.25, 0.3) is 0 Å². The maximum absolute atomic E-state index is 4.49. The predicted octanol–water partition coefficient (Wildman–Crippen LogP) is 4.38. The summed E-state index contributed by atoms with van der Waals surface area (Å²) in [7, 11) is 1.92. The van der Waals surface area contributed by atoms with Crippen LogP contribution in [0.2, 0.25) is 0 Å². The minimum atomic E-state index is 0.220. The number of nitrogens with zero attached hydrogens (tertiary/aromatic N) is 1. The molecule has 0 saturated heterocycles. The Bertz CT molecular complexity index is 547. The van der Waals surface area contributed by atoms with Crippen molar-refractivity contribution >= 4 is 16.5 Å². The van der Waals surface area contributed by atoms with Gasteiger partial charge in [-0.25, -0.2) is 4.98 Å². The Labute approximate surface area is 119 Å². The zero-order chi connectivity index (χ0) is 14.0. The molecule has 0 radical (unpaired) electrons. The minimum absolute atomic E-state index is 0.220. The van der Waals surface area contributed by atoms with E-state index in [1.165, 1.54) is 16.0 Å². The normalized spacial score (nSPS) is 11.6. The lowest BCUT2D eigenvalue weighted by molar-refractivity contribution is 0.590. The summed E-state index contributed by atoms with van der Waals surface area (Å²) in [6, 6.07) is 8.95. The highest BCUT2D eigenvalue weighted by Gasteiger charge is 2.13. The molecule has 2 nitrogen and oxygen atoms in total. The zero-order valence-corrected chi connectivity index (χ0v) is 13.2. The molecule has 0 saturated carbocycles. The molecule has 102 valence electrons. The van der Waals surface area contributed by atoms with E-state index in [0.29, 0.717) is 0 Å². The summed E-state index contributed by atoms with van der Waals surface area (Å²) in [5.74, 6) is 0. The van der Waals surface area contributed by atoms with Crippen molar-refractivity contribution in [3.8, 4) is 0 Å². The van der Waals surface area contributed by atoms with E-state index in [0.717, 1.165) is 17.2 Å². The van der Waals surface area contributed by atoms with E-state index in [9.17, 15) is 0 Å². The average molecular weight is 274 g/mol. The van der Waals surface area contributed by atoms with Crippen LogP contribution in [-0.4, -0.2) is 12.0 Å². The van der Waals surface area contributed by atoms with E-state index in [-0.39, 0.29) is 5.41 Å². The number of hydrogen-bond acceptors (Lipinski definition) is 3. The highest BCUT2D eigenvalue weighted by atomic mass is 32.1. The van der Waals surface area contributed by atoms with Gasteiger partial charge in [-0.2, -0.15) is 0 Å². The number of aryl methyl sites for hydroxylation is 1. The molecular weight excluding hydrogens is 252 g/mol. The Kier molecular flexibility index (Phi) is 3.95. The van der Waals surface area contributed by atoms with Gasteiger partial charge >= 0.3 is 0 Å². The van der Waals surface area contributed by atoms with E-state index in [1.807, 2.05) is 7.05 Å². The van der Waals surface area contributed by atoms with Gasteiger partial charge in [0.1, 0.15) is 0 Å². The Hall–Kier alpha value is -1.35. The van der Waals surface area contributed by atoms with Crippen LogP contribution in [0.5, 0.6) is 0 Å². The first-order valence-electron chi connectivity index (χ1n) is 6.63. The Morgan fingerprint density at radius 2 is 1.79 bits per heavy atom. The van der Waals surface area contributed by atoms with Crippen molar-refractivity contribution in [2.24, 2.45) is 0 Å². The van der Waals surface area contributed by atoms with Gasteiger partial charge in [-0.05, 0) is 23.5 Å². The molecule has 3 heteroatoms. The molecule has 0 aliphatic rings. The van der Waals surface area contributed by atoms with Crippen LogP contribution in [0.1, 0.15) is 42.5 Å². The quantitative estimate of drug-likeness (QED) is 0.898. The highest BCUT2D eigenvalue weighted by molar-refractivity contribution is 7.15. The third kappa shape index (κ3) is 3.35. The average Bonchev–Trinajstić information content (AvgIpc) is 2.70. The fourth-order valence-electron chi connectivity index (χ4n) is 2.01. The molecule has 0 spiro atoms. The summed E-state index contributed by atoms with van der Waals surface area (Å²) in [5.41, 5.74) is 4.09. The molecule has 1 aromatic heterocycles. The van der Waals surface area contributed by atoms with Crippen molar-refractivity contribution in [3.63, 3.8) is 0 Å². The van der Waals surface area contributed by atoms with Gasteiger partial charge in [-0.1, -0.05) is 45.0 Å². The summed E-state index contributed by atoms with van der Waals surface area (Å²) >= 11 is 1.74. The van der Waals surface area contributed by atoms with Crippen LogP contribution in [-0.2, 0) is 11.8 Å². The fourth-order valence-corrected chi connectivity index (χ4v) is 2.96. The SMILES string of the molecule is CNc1nc(C)c(Cc2ccc(C(C)(C)C)cc2)s1. The third-order valence-corrected chi connectivity index (χ3v) is 4.47. The standard InChI is InChI=1S/C16H22N2S/c1-11-14(19-15(17-5)18-11)10-12-6-8-13(9-7-12)16(2,3)4/h6-9H,10H2,1-5H3,(H,17,18). The highest BCUT2D eigenvalue weighted by Crippen LogP contribution is 2.26. The molecular formula is C16H22N2S. The van der Waals surface area contributed by atoms with Gasteiger partial charge in [0.15, 0.2) is 5.13 Å². The Morgan fingerprint density at radius 1 is 1.16 bits per heavy atom. The summed E-state index contributed by atoms with van der Waals surface area (Å²) in [6.07, 6.45) is 0.968. The molecule has 0 aliphatic carbocycles. The molecule has 0 unspecified atom stereocenters. The minimum Gasteiger partial charge on any atom is -0.365 e. The van der Waals surface area contributed by atoms with Crippen LogP contribution in [0.4, 0.5) is 5.13 Å². The second kappa shape index (κ2) is 5.33. The largest absolute Gasteiger partial charge is 0.365 e. The topological polar surface area (TPSA) is 24.9 Å². The monoisotopic (exact) mass is 274 g/mol. The third-order valence-electron chi connectivity index (χ3n) is 3.29. The van der Waals surface area contributed by atoms with E-state index in [4.69, 9.17) is 0 Å². The summed E-state index contributed by atoms with van der Waals surface area (Å²) in [4.78, 5) is 5.83. The number of hydrogen-bond donors (Lipinski definition) is 1. The van der Waals surface area contributed by atoms with Gasteiger partial charge in [0, 0.05) is 18.3 Å². The van der Waals surface area contributed by atoms with Crippen LogP contribution in [0.15, 0.2) is 24.3 Å². The van der Waals surface area contributed by atoms with E-state index >= 15 is 0 Å². The molecule has 0 aliphatic heterocycles. The second-order valence-electron chi connectivity index (χ2n) is 5.90. The lowest BCUT2D eigenvalue weighted by Crippen LogP contribution is -2.10. The van der Waals surface area contributed by atoms with Crippen LogP contribution in [0.25, 0.3) is 0 Å². The first-order chi connectivity index (χ1) is 8.90. The smallest absolute Gasteiger partial charge is 0.182 e. The number of rotatable bonds is 3. The molecule has 0 bridgehead atoms. The molecule has 0 amide bonds. The molecule has 19 heavy (non-hydrogen) atoms. The number of nitrogens with one attached hydrogen (secondary N) is 1. The maximum atomic E-state index is 4.49. The van der Waals surface area contributed by atoms with Crippen LogP contribution in [0, 0.1) is 6.92 Å². The van der Waals surface area contributed by atoms with Gasteiger partial charge in [-0.3, -0.25) is 0 Å². The van der Waals surface area contributed by atoms with E-state index < -0.39 is 0 Å². The van der Waals surface area contributed by atoms with Crippen molar-refractivity contribution in [1.82, 2.24) is 4.98 Å². The number of thiazole rings is 1. The first kappa shape index (κ1) is 14.1. The van der Waals surface area contributed by atoms with Crippen molar-refractivity contribution in [2.75, 3.05) is 12.4 Å². The number of benzene rings is 1. The van der Waals surface area contributed by atoms with Crippen molar-refractivity contribution < 1.29 is 0 Å². The molecule has 0 atom stereocenters. The molecule has 1 N–H and O–H groups in total. The van der Waals surface area contributed by atoms with Gasteiger partial charge in [0.2, 0.25) is 0 Å². The van der Waals surface area contributed by atoms with Crippen molar-refractivity contribution in [3.05, 3.63) is 46.0 Å². The predicted molar refractivity (Wildman–Crippen MR) is 84.3 cm³/mol. The lowest BCUT2D eigenvalue weighted by atomic mass is 9.86. The Balaban J connectivity index is 2.17. The molecule has 1 heterocycles.